The van der Waals surface area contributed by atoms with Gasteiger partial charge in [-0.3, -0.25) is 5.10 Å². The zero-order valence-corrected chi connectivity index (χ0v) is 12.9. The van der Waals surface area contributed by atoms with Crippen LogP contribution >= 0.6 is 0 Å². The first-order chi connectivity index (χ1) is 12.3. The molecule has 122 valence electrons. The summed E-state index contributed by atoms with van der Waals surface area (Å²) in [6.45, 7) is 0.506. The van der Waals surface area contributed by atoms with Gasteiger partial charge in [0, 0.05) is 5.39 Å². The molecule has 0 atom stereocenters. The van der Waals surface area contributed by atoms with E-state index >= 15 is 0 Å². The molecule has 0 aliphatic heterocycles. The van der Waals surface area contributed by atoms with Crippen LogP contribution < -0.4 is 5.73 Å². The average Bonchev–Trinajstić information content (AvgIpc) is 3.35. The largest absolute Gasteiger partial charge is 0.463 e. The van der Waals surface area contributed by atoms with Crippen molar-refractivity contribution in [3.05, 3.63) is 48.4 Å². The number of aromatic amines is 1. The number of nitrogens with zero attached hydrogens (tertiary/aromatic N) is 6. The van der Waals surface area contributed by atoms with Crippen molar-refractivity contribution < 1.29 is 4.42 Å². The fourth-order valence-electron chi connectivity index (χ4n) is 2.83. The van der Waals surface area contributed by atoms with Gasteiger partial charge in [0.05, 0.1) is 24.5 Å². The van der Waals surface area contributed by atoms with Crippen molar-refractivity contribution in [2.24, 2.45) is 0 Å². The van der Waals surface area contributed by atoms with Crippen molar-refractivity contribution in [2.75, 3.05) is 5.73 Å². The summed E-state index contributed by atoms with van der Waals surface area (Å²) in [6.07, 6.45) is 3.36. The van der Waals surface area contributed by atoms with E-state index in [0.717, 1.165) is 16.5 Å². The van der Waals surface area contributed by atoms with Crippen LogP contribution in [-0.2, 0) is 6.54 Å². The van der Waals surface area contributed by atoms with Gasteiger partial charge >= 0.3 is 0 Å². The summed E-state index contributed by atoms with van der Waals surface area (Å²) in [4.78, 5) is 8.54. The molecule has 4 aromatic heterocycles. The second-order valence-electron chi connectivity index (χ2n) is 5.62. The lowest BCUT2D eigenvalue weighted by Gasteiger charge is -2.04. The third kappa shape index (κ3) is 2.21. The zero-order valence-electron chi connectivity index (χ0n) is 12.9. The molecular formula is C16H12N8O. The predicted octanol–water partition coefficient (Wildman–Crippen LogP) is 1.99. The van der Waals surface area contributed by atoms with Crippen molar-refractivity contribution in [2.45, 2.75) is 6.54 Å². The van der Waals surface area contributed by atoms with Gasteiger partial charge in [0.2, 0.25) is 5.95 Å². The highest BCUT2D eigenvalue weighted by molar-refractivity contribution is 5.86. The molecule has 9 nitrogen and oxygen atoms in total. The predicted molar refractivity (Wildman–Crippen MR) is 90.4 cm³/mol. The molecule has 0 amide bonds. The number of fused-ring (bicyclic) bond motifs is 2. The molecule has 0 aliphatic carbocycles. The molecule has 0 fully saturated rings. The first kappa shape index (κ1) is 13.7. The van der Waals surface area contributed by atoms with Gasteiger partial charge < -0.3 is 10.2 Å². The lowest BCUT2D eigenvalue weighted by atomic mass is 10.1. The quantitative estimate of drug-likeness (QED) is 0.517. The fourth-order valence-corrected chi connectivity index (χ4v) is 2.83. The maximum Gasteiger partial charge on any atom is 0.222 e. The molecule has 0 radical (unpaired) electrons. The van der Waals surface area contributed by atoms with Crippen LogP contribution in [0.4, 0.5) is 5.95 Å². The number of aromatic nitrogens is 7. The Balaban J connectivity index is 1.62. The van der Waals surface area contributed by atoms with Gasteiger partial charge in [-0.25, -0.2) is 9.67 Å². The number of benzene rings is 1. The maximum absolute atomic E-state index is 5.87. The minimum absolute atomic E-state index is 0.146. The van der Waals surface area contributed by atoms with Crippen LogP contribution in [0.3, 0.4) is 0 Å². The van der Waals surface area contributed by atoms with E-state index in [1.807, 2.05) is 18.2 Å². The van der Waals surface area contributed by atoms with E-state index in [4.69, 9.17) is 10.2 Å². The molecule has 0 saturated heterocycles. The highest BCUT2D eigenvalue weighted by atomic mass is 16.3. The van der Waals surface area contributed by atoms with Gasteiger partial charge in [-0.15, -0.1) is 5.10 Å². The minimum Gasteiger partial charge on any atom is -0.463 e. The SMILES string of the molecule is Nc1nc(-c2ccco2)c2nnn(Cc3ccc4[nH]ncc4c3)c2n1. The molecule has 5 aromatic rings. The van der Waals surface area contributed by atoms with Crippen LogP contribution in [0, 0.1) is 0 Å². The molecule has 0 spiro atoms. The molecule has 4 heterocycles. The molecule has 25 heavy (non-hydrogen) atoms. The number of nitrogens with one attached hydrogen (secondary N) is 1. The van der Waals surface area contributed by atoms with Crippen LogP contribution in [0.5, 0.6) is 0 Å². The Hall–Kier alpha value is -3.75. The van der Waals surface area contributed by atoms with Gasteiger partial charge in [-0.2, -0.15) is 10.1 Å². The molecule has 5 rings (SSSR count). The highest BCUT2D eigenvalue weighted by Crippen LogP contribution is 2.25. The average molecular weight is 332 g/mol. The Morgan fingerprint density at radius 2 is 2.16 bits per heavy atom. The molecule has 3 N–H and O–H groups in total. The zero-order chi connectivity index (χ0) is 16.8. The highest BCUT2D eigenvalue weighted by Gasteiger charge is 2.17. The molecule has 0 bridgehead atoms. The summed E-state index contributed by atoms with van der Waals surface area (Å²) in [7, 11) is 0. The lowest BCUT2D eigenvalue weighted by Crippen LogP contribution is -2.05. The van der Waals surface area contributed by atoms with Gasteiger partial charge in [-0.05, 0) is 29.8 Å². The van der Waals surface area contributed by atoms with Gasteiger partial charge in [0.1, 0.15) is 5.69 Å². The van der Waals surface area contributed by atoms with E-state index in [-0.39, 0.29) is 5.95 Å². The monoisotopic (exact) mass is 332 g/mol. The smallest absolute Gasteiger partial charge is 0.222 e. The van der Waals surface area contributed by atoms with Crippen LogP contribution in [0.1, 0.15) is 5.56 Å². The van der Waals surface area contributed by atoms with Crippen molar-refractivity contribution in [1.82, 2.24) is 35.2 Å². The number of hydrogen-bond acceptors (Lipinski definition) is 7. The standard InChI is InChI=1S/C16H12N8O/c17-16-19-13(12-2-1-5-25-12)14-15(20-16)24(23-22-14)8-9-3-4-11-10(6-9)7-18-21-11/h1-7H,8H2,(H,18,21)(H2,17,19,20). The van der Waals surface area contributed by atoms with Gasteiger partial charge in [-0.1, -0.05) is 11.3 Å². The Morgan fingerprint density at radius 3 is 3.04 bits per heavy atom. The van der Waals surface area contributed by atoms with Crippen LogP contribution in [0.25, 0.3) is 33.5 Å². The number of rotatable bonds is 3. The minimum atomic E-state index is 0.146. The van der Waals surface area contributed by atoms with E-state index in [9.17, 15) is 0 Å². The first-order valence-corrected chi connectivity index (χ1v) is 7.60. The second-order valence-corrected chi connectivity index (χ2v) is 5.62. The topological polar surface area (TPSA) is 124 Å². The van der Waals surface area contributed by atoms with Crippen molar-refractivity contribution in [1.29, 1.82) is 0 Å². The Kier molecular flexibility index (Phi) is 2.80. The third-order valence-corrected chi connectivity index (χ3v) is 3.97. The maximum atomic E-state index is 5.87. The summed E-state index contributed by atoms with van der Waals surface area (Å²) < 4.78 is 7.11. The lowest BCUT2D eigenvalue weighted by molar-refractivity contribution is 0.580. The fraction of sp³-hybridized carbons (Fsp3) is 0.0625. The van der Waals surface area contributed by atoms with Crippen molar-refractivity contribution in [3.63, 3.8) is 0 Å². The molecular weight excluding hydrogens is 320 g/mol. The number of H-pyrrole nitrogens is 1. The molecule has 1 aromatic carbocycles. The van der Waals surface area contributed by atoms with Crippen LogP contribution in [0.15, 0.2) is 47.2 Å². The summed E-state index contributed by atoms with van der Waals surface area (Å²) in [5.41, 5.74) is 9.55. The summed E-state index contributed by atoms with van der Waals surface area (Å²) in [6, 6.07) is 9.61. The van der Waals surface area contributed by atoms with E-state index in [1.165, 1.54) is 0 Å². The first-order valence-electron chi connectivity index (χ1n) is 7.60. The number of anilines is 1. The Morgan fingerprint density at radius 1 is 1.20 bits per heavy atom. The second kappa shape index (κ2) is 5.13. The molecule has 0 saturated carbocycles. The van der Waals surface area contributed by atoms with E-state index < -0.39 is 0 Å². The normalized spacial score (nSPS) is 11.5. The van der Waals surface area contributed by atoms with E-state index in [0.29, 0.717) is 29.2 Å². The Bertz CT molecular complexity index is 1190. The summed E-state index contributed by atoms with van der Waals surface area (Å²) >= 11 is 0. The molecule has 0 aliphatic rings. The van der Waals surface area contributed by atoms with Gasteiger partial charge in [0.25, 0.3) is 0 Å². The Labute approximate surface area is 140 Å². The number of hydrogen-bond donors (Lipinski definition) is 2. The molecule has 9 heteroatoms. The molecule has 0 unspecified atom stereocenters. The summed E-state index contributed by atoms with van der Waals surface area (Å²) in [5, 5.41) is 16.4. The van der Waals surface area contributed by atoms with Gasteiger partial charge in [0.15, 0.2) is 16.9 Å². The van der Waals surface area contributed by atoms with Crippen LogP contribution in [0.2, 0.25) is 0 Å². The van der Waals surface area contributed by atoms with Crippen LogP contribution in [-0.4, -0.2) is 35.2 Å². The summed E-state index contributed by atoms with van der Waals surface area (Å²) in [5.74, 6) is 0.721. The number of nitrogen functional groups attached to an aromatic ring is 1. The van der Waals surface area contributed by atoms with E-state index in [2.05, 4.69) is 30.5 Å². The van der Waals surface area contributed by atoms with Crippen molar-refractivity contribution >= 4 is 28.0 Å². The number of nitrogens with two attached hydrogens (primary N) is 1. The number of furan rings is 1. The van der Waals surface area contributed by atoms with E-state index in [1.54, 1.807) is 29.3 Å². The third-order valence-electron chi connectivity index (χ3n) is 3.97. The van der Waals surface area contributed by atoms with Crippen molar-refractivity contribution in [3.8, 4) is 11.5 Å².